The van der Waals surface area contributed by atoms with Crippen molar-refractivity contribution < 1.29 is 4.79 Å². The highest BCUT2D eigenvalue weighted by Crippen LogP contribution is 2.29. The largest absolute Gasteiger partial charge is 0.348 e. The Morgan fingerprint density at radius 2 is 1.94 bits per heavy atom. The number of amides is 1. The van der Waals surface area contributed by atoms with E-state index in [0.717, 1.165) is 47.2 Å². The molecule has 1 fully saturated rings. The third kappa shape index (κ3) is 5.30. The highest BCUT2D eigenvalue weighted by atomic mass is 127. The number of allylic oxidation sites excluding steroid dienone is 4. The van der Waals surface area contributed by atoms with E-state index in [-0.39, 0.29) is 5.91 Å². The average molecular weight is 585 g/mol. The molecule has 5 rings (SSSR count). The van der Waals surface area contributed by atoms with Crippen LogP contribution in [0.1, 0.15) is 48.8 Å². The first kappa shape index (κ1) is 23.4. The highest BCUT2D eigenvalue weighted by molar-refractivity contribution is 14.1. The third-order valence-electron chi connectivity index (χ3n) is 6.47. The van der Waals surface area contributed by atoms with Crippen LogP contribution in [0.15, 0.2) is 69.4 Å². The van der Waals surface area contributed by atoms with Crippen LogP contribution >= 0.6 is 33.9 Å². The van der Waals surface area contributed by atoms with Crippen molar-refractivity contribution in [3.8, 4) is 11.1 Å². The van der Waals surface area contributed by atoms with Crippen molar-refractivity contribution in [2.45, 2.75) is 39.2 Å². The van der Waals surface area contributed by atoms with Crippen LogP contribution in [0.25, 0.3) is 11.1 Å². The molecule has 0 saturated carbocycles. The van der Waals surface area contributed by atoms with Crippen LogP contribution in [-0.4, -0.2) is 28.5 Å². The van der Waals surface area contributed by atoms with Gasteiger partial charge in [-0.05, 0) is 69.6 Å². The highest BCUT2D eigenvalue weighted by Gasteiger charge is 2.21. The number of halogens is 1. The number of aromatic nitrogens is 2. The predicted octanol–water partition coefficient (Wildman–Crippen LogP) is 6.62. The van der Waals surface area contributed by atoms with E-state index in [1.807, 2.05) is 34.9 Å². The molecule has 176 valence electrons. The molecule has 1 aliphatic heterocycles. The number of hydrogen-bond donors (Lipinski definition) is 1. The fourth-order valence-electron chi connectivity index (χ4n) is 4.57. The molecule has 1 aliphatic carbocycles. The molecule has 34 heavy (non-hydrogen) atoms. The van der Waals surface area contributed by atoms with Crippen molar-refractivity contribution in [3.05, 3.63) is 80.8 Å². The Kier molecular flexibility index (Phi) is 7.20. The zero-order chi connectivity index (χ0) is 23.5. The van der Waals surface area contributed by atoms with E-state index in [4.69, 9.17) is 4.98 Å². The van der Waals surface area contributed by atoms with Gasteiger partial charge in [0.05, 0.1) is 12.2 Å². The van der Waals surface area contributed by atoms with E-state index in [1.54, 1.807) is 11.3 Å². The van der Waals surface area contributed by atoms with Crippen LogP contribution in [-0.2, 0) is 6.54 Å². The summed E-state index contributed by atoms with van der Waals surface area (Å²) in [7, 11) is 0. The molecule has 1 amide bonds. The second kappa shape index (κ2) is 10.5. The number of anilines is 1. The van der Waals surface area contributed by atoms with Crippen molar-refractivity contribution in [1.29, 1.82) is 0 Å². The zero-order valence-electron chi connectivity index (χ0n) is 19.3. The first-order valence-corrected chi connectivity index (χ1v) is 13.9. The normalized spacial score (nSPS) is 18.4. The van der Waals surface area contributed by atoms with E-state index in [9.17, 15) is 4.79 Å². The molecule has 1 atom stereocenters. The predicted molar refractivity (Wildman–Crippen MR) is 149 cm³/mol. The van der Waals surface area contributed by atoms with Gasteiger partial charge in [0.25, 0.3) is 5.91 Å². The van der Waals surface area contributed by atoms with Crippen molar-refractivity contribution >= 4 is 45.0 Å². The second-order valence-electron chi connectivity index (χ2n) is 9.07. The van der Waals surface area contributed by atoms with E-state index in [0.29, 0.717) is 18.2 Å². The molecule has 1 unspecified atom stereocenters. The van der Waals surface area contributed by atoms with Gasteiger partial charge in [0, 0.05) is 41.8 Å². The first-order chi connectivity index (χ1) is 16.6. The molecular formula is C27H29IN4OS. The van der Waals surface area contributed by atoms with Gasteiger partial charge in [-0.3, -0.25) is 4.79 Å². The summed E-state index contributed by atoms with van der Waals surface area (Å²) >= 11 is 4.07. The molecule has 3 aromatic rings. The van der Waals surface area contributed by atoms with Crippen LogP contribution in [0.2, 0.25) is 0 Å². The van der Waals surface area contributed by atoms with Crippen molar-refractivity contribution in [1.82, 2.24) is 14.9 Å². The minimum absolute atomic E-state index is 0.0722. The smallest absolute Gasteiger partial charge is 0.272 e. The van der Waals surface area contributed by atoms with Gasteiger partial charge in [0.1, 0.15) is 5.69 Å². The maximum atomic E-state index is 13.4. The molecule has 2 aliphatic rings. The zero-order valence-corrected chi connectivity index (χ0v) is 22.3. The van der Waals surface area contributed by atoms with Gasteiger partial charge in [-0.25, -0.2) is 4.98 Å². The number of carbonyl (C=O) groups excluding carboxylic acids is 1. The number of nitrogens with one attached hydrogen (secondary N) is 1. The van der Waals surface area contributed by atoms with Gasteiger partial charge in [0.2, 0.25) is 0 Å². The Hall–Kier alpha value is -2.39. The lowest BCUT2D eigenvalue weighted by molar-refractivity contribution is 0.0953. The van der Waals surface area contributed by atoms with Gasteiger partial charge in [-0.2, -0.15) is 0 Å². The maximum Gasteiger partial charge on any atom is 0.272 e. The summed E-state index contributed by atoms with van der Waals surface area (Å²) < 4.78 is 3.35. The summed E-state index contributed by atoms with van der Waals surface area (Å²) in [6, 6.07) is 12.2. The number of benzene rings is 1. The molecule has 2 aromatic heterocycles. The lowest BCUT2D eigenvalue weighted by Gasteiger charge is -2.25. The minimum atomic E-state index is -0.0722. The Morgan fingerprint density at radius 3 is 2.71 bits per heavy atom. The summed E-state index contributed by atoms with van der Waals surface area (Å²) in [6.07, 6.45) is 10.9. The van der Waals surface area contributed by atoms with Crippen LogP contribution < -0.4 is 10.2 Å². The monoisotopic (exact) mass is 584 g/mol. The summed E-state index contributed by atoms with van der Waals surface area (Å²) in [5.41, 5.74) is 4.77. The van der Waals surface area contributed by atoms with Crippen LogP contribution in [0.4, 0.5) is 5.13 Å². The van der Waals surface area contributed by atoms with E-state index in [1.165, 1.54) is 22.8 Å². The first-order valence-electron chi connectivity index (χ1n) is 11.9. The summed E-state index contributed by atoms with van der Waals surface area (Å²) in [5, 5.41) is 6.41. The number of rotatable bonds is 6. The SMILES string of the molecule is CC1CC(I)=CC=C1NC(=O)c1cc(-c2ccccc2)cn1Cc1csc(N2CCCCC2)n1. The van der Waals surface area contributed by atoms with Gasteiger partial charge in [0.15, 0.2) is 5.13 Å². The molecule has 1 N–H and O–H groups in total. The lowest BCUT2D eigenvalue weighted by atomic mass is 9.99. The Labute approximate surface area is 218 Å². The Balaban J connectivity index is 1.42. The average Bonchev–Trinajstić information content (AvgIpc) is 3.50. The molecule has 5 nitrogen and oxygen atoms in total. The number of piperidine rings is 1. The van der Waals surface area contributed by atoms with Crippen molar-refractivity contribution in [2.75, 3.05) is 18.0 Å². The number of thiazole rings is 1. The summed E-state index contributed by atoms with van der Waals surface area (Å²) in [4.78, 5) is 20.7. The van der Waals surface area contributed by atoms with Crippen LogP contribution in [0.5, 0.6) is 0 Å². The number of carbonyl (C=O) groups is 1. The fourth-order valence-corrected chi connectivity index (χ4v) is 6.28. The maximum absolute atomic E-state index is 13.4. The molecule has 0 spiro atoms. The molecule has 1 aromatic carbocycles. The molecule has 1 saturated heterocycles. The minimum Gasteiger partial charge on any atom is -0.348 e. The van der Waals surface area contributed by atoms with E-state index >= 15 is 0 Å². The third-order valence-corrected chi connectivity index (χ3v) is 8.22. The summed E-state index contributed by atoms with van der Waals surface area (Å²) in [6.45, 7) is 4.90. The fraction of sp³-hybridized carbons (Fsp3) is 0.333. The van der Waals surface area contributed by atoms with Crippen molar-refractivity contribution in [2.24, 2.45) is 5.92 Å². The van der Waals surface area contributed by atoms with Gasteiger partial charge >= 0.3 is 0 Å². The molecular weight excluding hydrogens is 555 g/mol. The van der Waals surface area contributed by atoms with E-state index in [2.05, 4.69) is 69.5 Å². The Morgan fingerprint density at radius 1 is 1.15 bits per heavy atom. The van der Waals surface area contributed by atoms with Gasteiger partial charge < -0.3 is 14.8 Å². The molecule has 0 radical (unpaired) electrons. The molecule has 3 heterocycles. The topological polar surface area (TPSA) is 50.2 Å². The van der Waals surface area contributed by atoms with Crippen LogP contribution in [0, 0.1) is 5.92 Å². The van der Waals surface area contributed by atoms with E-state index < -0.39 is 0 Å². The Bertz CT molecular complexity index is 1220. The standard InChI is InChI=1S/C27H29IN4OS/c1-19-14-22(28)10-11-24(19)30-26(33)25-15-21(20-8-4-2-5-9-20)16-32(25)17-23-18-34-27(29-23)31-12-6-3-7-13-31/h2,4-5,8-11,15-16,18-19H,3,6-7,12-14,17H2,1H3,(H,30,33). The molecule has 0 bridgehead atoms. The summed E-state index contributed by atoms with van der Waals surface area (Å²) in [5.74, 6) is 0.223. The lowest BCUT2D eigenvalue weighted by Crippen LogP contribution is -2.29. The van der Waals surface area contributed by atoms with Crippen molar-refractivity contribution in [3.63, 3.8) is 0 Å². The number of hydrogen-bond acceptors (Lipinski definition) is 4. The van der Waals surface area contributed by atoms with Gasteiger partial charge in [-0.1, -0.05) is 43.3 Å². The quantitative estimate of drug-likeness (QED) is 0.332. The second-order valence-corrected chi connectivity index (χ2v) is 11.3. The molecule has 7 heteroatoms. The van der Waals surface area contributed by atoms with Crippen LogP contribution in [0.3, 0.4) is 0 Å². The number of nitrogens with zero attached hydrogens (tertiary/aromatic N) is 3. The van der Waals surface area contributed by atoms with Gasteiger partial charge in [-0.15, -0.1) is 11.3 Å².